The monoisotopic (exact) mass is 236 g/mol. The van der Waals surface area contributed by atoms with Crippen LogP contribution in [-0.2, 0) is 6.54 Å². The first-order valence-corrected chi connectivity index (χ1v) is 4.15. The molecule has 0 spiro atoms. The van der Waals surface area contributed by atoms with Crippen LogP contribution in [-0.4, -0.2) is 18.1 Å². The minimum Gasteiger partial charge on any atom is -0.492 e. The van der Waals surface area contributed by atoms with Gasteiger partial charge in [-0.1, -0.05) is 0 Å². The number of hydrogen-bond acceptors (Lipinski definition) is 3. The van der Waals surface area contributed by atoms with Crippen LogP contribution in [0.4, 0.5) is 0 Å². The SMILES string of the molecule is Cc1cncc2c1OCCNC2.Cl.Cl. The summed E-state index contributed by atoms with van der Waals surface area (Å²) in [5.41, 5.74) is 2.28. The van der Waals surface area contributed by atoms with Crippen LogP contribution in [0.15, 0.2) is 12.4 Å². The summed E-state index contributed by atoms with van der Waals surface area (Å²) in [5.74, 6) is 1.01. The van der Waals surface area contributed by atoms with Crippen molar-refractivity contribution in [2.24, 2.45) is 0 Å². The molecule has 0 saturated carbocycles. The maximum absolute atomic E-state index is 5.58. The molecule has 3 nitrogen and oxygen atoms in total. The molecular weight excluding hydrogens is 223 g/mol. The first-order valence-electron chi connectivity index (χ1n) is 4.15. The van der Waals surface area contributed by atoms with Crippen molar-refractivity contribution >= 4 is 24.8 Å². The van der Waals surface area contributed by atoms with Gasteiger partial charge in [0, 0.05) is 36.6 Å². The third-order valence-corrected chi connectivity index (χ3v) is 1.99. The first kappa shape index (κ1) is 13.5. The molecular formula is C9H14Cl2N2O. The smallest absolute Gasteiger partial charge is 0.129 e. The van der Waals surface area contributed by atoms with Crippen molar-refractivity contribution in [1.82, 2.24) is 10.3 Å². The molecule has 0 aliphatic carbocycles. The molecule has 0 aromatic carbocycles. The molecule has 0 saturated heterocycles. The lowest BCUT2D eigenvalue weighted by Crippen LogP contribution is -2.16. The average molecular weight is 237 g/mol. The first-order chi connectivity index (χ1) is 5.88. The second-order valence-electron chi connectivity index (χ2n) is 2.97. The van der Waals surface area contributed by atoms with E-state index in [1.807, 2.05) is 19.3 Å². The van der Waals surface area contributed by atoms with Crippen LogP contribution >= 0.6 is 24.8 Å². The van der Waals surface area contributed by atoms with Crippen molar-refractivity contribution in [2.75, 3.05) is 13.2 Å². The molecule has 5 heteroatoms. The molecule has 2 rings (SSSR count). The molecule has 2 heterocycles. The number of aryl methyl sites for hydroxylation is 1. The molecule has 1 aliphatic heterocycles. The summed E-state index contributed by atoms with van der Waals surface area (Å²) in [7, 11) is 0. The Balaban J connectivity index is 0.000000845. The second kappa shape index (κ2) is 6.06. The molecule has 0 bridgehead atoms. The fraction of sp³-hybridized carbons (Fsp3) is 0.444. The Morgan fingerprint density at radius 3 is 2.93 bits per heavy atom. The molecule has 1 aromatic rings. The van der Waals surface area contributed by atoms with Crippen molar-refractivity contribution in [3.8, 4) is 5.75 Å². The summed E-state index contributed by atoms with van der Waals surface area (Å²) < 4.78 is 5.58. The fourth-order valence-electron chi connectivity index (χ4n) is 1.39. The zero-order valence-electron chi connectivity index (χ0n) is 7.95. The van der Waals surface area contributed by atoms with Gasteiger partial charge in [-0.05, 0) is 6.92 Å². The minimum absolute atomic E-state index is 0. The van der Waals surface area contributed by atoms with E-state index in [-0.39, 0.29) is 24.8 Å². The number of ether oxygens (including phenoxy) is 1. The number of halogens is 2. The van der Waals surface area contributed by atoms with E-state index >= 15 is 0 Å². The fourth-order valence-corrected chi connectivity index (χ4v) is 1.39. The van der Waals surface area contributed by atoms with Crippen LogP contribution in [0.25, 0.3) is 0 Å². The van der Waals surface area contributed by atoms with E-state index in [0.717, 1.165) is 36.6 Å². The van der Waals surface area contributed by atoms with Gasteiger partial charge >= 0.3 is 0 Å². The molecule has 0 fully saturated rings. The Morgan fingerprint density at radius 1 is 1.36 bits per heavy atom. The van der Waals surface area contributed by atoms with E-state index in [1.165, 1.54) is 0 Å². The molecule has 0 amide bonds. The molecule has 80 valence electrons. The number of fused-ring (bicyclic) bond motifs is 1. The van der Waals surface area contributed by atoms with Crippen molar-refractivity contribution in [2.45, 2.75) is 13.5 Å². The number of nitrogens with one attached hydrogen (secondary N) is 1. The van der Waals surface area contributed by atoms with Gasteiger partial charge in [-0.15, -0.1) is 24.8 Å². The van der Waals surface area contributed by atoms with Gasteiger partial charge in [0.2, 0.25) is 0 Å². The van der Waals surface area contributed by atoms with Crippen molar-refractivity contribution in [3.05, 3.63) is 23.5 Å². The van der Waals surface area contributed by atoms with E-state index in [2.05, 4.69) is 10.3 Å². The highest BCUT2D eigenvalue weighted by Crippen LogP contribution is 2.22. The second-order valence-corrected chi connectivity index (χ2v) is 2.97. The molecule has 1 aromatic heterocycles. The Labute approximate surface area is 96.1 Å². The molecule has 14 heavy (non-hydrogen) atoms. The molecule has 0 atom stereocenters. The topological polar surface area (TPSA) is 34.1 Å². The Hall–Kier alpha value is -0.510. The van der Waals surface area contributed by atoms with Crippen LogP contribution < -0.4 is 10.1 Å². The predicted molar refractivity (Wildman–Crippen MR) is 60.7 cm³/mol. The number of aromatic nitrogens is 1. The number of pyridine rings is 1. The summed E-state index contributed by atoms with van der Waals surface area (Å²) in [6.45, 7) is 4.55. The van der Waals surface area contributed by atoms with E-state index in [1.54, 1.807) is 0 Å². The van der Waals surface area contributed by atoms with Gasteiger partial charge in [0.15, 0.2) is 0 Å². The van der Waals surface area contributed by atoms with E-state index in [0.29, 0.717) is 0 Å². The van der Waals surface area contributed by atoms with Crippen LogP contribution in [0, 0.1) is 6.92 Å². The highest BCUT2D eigenvalue weighted by molar-refractivity contribution is 5.85. The van der Waals surface area contributed by atoms with Crippen molar-refractivity contribution in [3.63, 3.8) is 0 Å². The van der Waals surface area contributed by atoms with Gasteiger partial charge in [-0.3, -0.25) is 4.98 Å². The van der Waals surface area contributed by atoms with Gasteiger partial charge in [-0.2, -0.15) is 0 Å². The summed E-state index contributed by atoms with van der Waals surface area (Å²) >= 11 is 0. The average Bonchev–Trinajstić information content (AvgIpc) is 2.30. The zero-order valence-corrected chi connectivity index (χ0v) is 9.58. The van der Waals surface area contributed by atoms with Gasteiger partial charge in [0.1, 0.15) is 12.4 Å². The van der Waals surface area contributed by atoms with Crippen LogP contribution in [0.5, 0.6) is 5.75 Å². The van der Waals surface area contributed by atoms with Gasteiger partial charge in [0.25, 0.3) is 0 Å². The predicted octanol–water partition coefficient (Wildman–Crippen LogP) is 1.72. The Kier molecular flexibility index (Phi) is 5.84. The number of rotatable bonds is 0. The highest BCUT2D eigenvalue weighted by Gasteiger charge is 2.09. The summed E-state index contributed by atoms with van der Waals surface area (Å²) in [4.78, 5) is 4.12. The van der Waals surface area contributed by atoms with E-state index in [9.17, 15) is 0 Å². The zero-order chi connectivity index (χ0) is 8.39. The quantitative estimate of drug-likeness (QED) is 0.745. The van der Waals surface area contributed by atoms with Crippen LogP contribution in [0.3, 0.4) is 0 Å². The summed E-state index contributed by atoms with van der Waals surface area (Å²) in [5, 5.41) is 3.27. The number of hydrogen-bond donors (Lipinski definition) is 1. The third-order valence-electron chi connectivity index (χ3n) is 1.99. The lowest BCUT2D eigenvalue weighted by molar-refractivity contribution is 0.323. The summed E-state index contributed by atoms with van der Waals surface area (Å²) in [6.07, 6.45) is 3.70. The van der Waals surface area contributed by atoms with Crippen LogP contribution in [0.2, 0.25) is 0 Å². The summed E-state index contributed by atoms with van der Waals surface area (Å²) in [6, 6.07) is 0. The van der Waals surface area contributed by atoms with Crippen molar-refractivity contribution < 1.29 is 4.74 Å². The van der Waals surface area contributed by atoms with E-state index < -0.39 is 0 Å². The van der Waals surface area contributed by atoms with Gasteiger partial charge in [-0.25, -0.2) is 0 Å². The Morgan fingerprint density at radius 2 is 2.14 bits per heavy atom. The molecule has 0 radical (unpaired) electrons. The highest BCUT2D eigenvalue weighted by atomic mass is 35.5. The van der Waals surface area contributed by atoms with Crippen LogP contribution in [0.1, 0.15) is 11.1 Å². The lowest BCUT2D eigenvalue weighted by Gasteiger charge is -2.07. The minimum atomic E-state index is 0. The third kappa shape index (κ3) is 2.74. The van der Waals surface area contributed by atoms with Gasteiger partial charge < -0.3 is 10.1 Å². The van der Waals surface area contributed by atoms with Crippen molar-refractivity contribution in [1.29, 1.82) is 0 Å². The molecule has 1 aliphatic rings. The molecule has 1 N–H and O–H groups in total. The standard InChI is InChI=1S/C9H12N2O.2ClH/c1-7-4-11-6-8-5-10-2-3-12-9(7)8;;/h4,6,10H,2-3,5H2,1H3;2*1H. The molecule has 0 unspecified atom stereocenters. The lowest BCUT2D eigenvalue weighted by atomic mass is 10.2. The van der Waals surface area contributed by atoms with E-state index in [4.69, 9.17) is 4.74 Å². The maximum atomic E-state index is 5.58. The normalized spacial score (nSPS) is 13.8. The number of nitrogens with zero attached hydrogens (tertiary/aromatic N) is 1. The Bertz CT molecular complexity index is 294. The largest absolute Gasteiger partial charge is 0.492 e. The van der Waals surface area contributed by atoms with Gasteiger partial charge in [0.05, 0.1) is 0 Å². The maximum Gasteiger partial charge on any atom is 0.129 e.